The maximum absolute atomic E-state index is 13.9. The summed E-state index contributed by atoms with van der Waals surface area (Å²) in [7, 11) is -3.90. The monoisotopic (exact) mass is 344 g/mol. The summed E-state index contributed by atoms with van der Waals surface area (Å²) in [4.78, 5) is -0.117. The van der Waals surface area contributed by atoms with E-state index in [1.54, 1.807) is 6.92 Å². The van der Waals surface area contributed by atoms with Crippen LogP contribution in [-0.4, -0.2) is 13.6 Å². The van der Waals surface area contributed by atoms with Gasteiger partial charge in [-0.05, 0) is 25.5 Å². The molecule has 0 amide bonds. The molecule has 23 heavy (non-hydrogen) atoms. The van der Waals surface area contributed by atoms with Crippen molar-refractivity contribution in [2.24, 2.45) is 0 Å². The second-order valence-corrected chi connectivity index (χ2v) is 6.94. The Labute approximate surface area is 133 Å². The molecule has 0 aliphatic carbocycles. The van der Waals surface area contributed by atoms with Gasteiger partial charge in [-0.15, -0.1) is 0 Å². The first kappa shape index (κ1) is 17.4. The van der Waals surface area contributed by atoms with E-state index in [9.17, 15) is 17.2 Å². The van der Waals surface area contributed by atoms with Crippen LogP contribution in [-0.2, 0) is 15.9 Å². The lowest BCUT2D eigenvalue weighted by molar-refractivity contribution is -0.0154. The molecule has 0 aliphatic rings. The number of hydrogen-bond acceptors (Lipinski definition) is 4. The van der Waals surface area contributed by atoms with Gasteiger partial charge in [-0.3, -0.25) is 4.72 Å². The maximum Gasteiger partial charge on any atom is 0.273 e. The minimum absolute atomic E-state index is 0.0415. The van der Waals surface area contributed by atoms with E-state index in [1.807, 2.05) is 6.92 Å². The lowest BCUT2D eigenvalue weighted by atomic mass is 10.0. The smallest absolute Gasteiger partial charge is 0.273 e. The average molecular weight is 344 g/mol. The van der Waals surface area contributed by atoms with E-state index in [-0.39, 0.29) is 22.7 Å². The topological polar surface area (TPSA) is 72.2 Å². The van der Waals surface area contributed by atoms with Gasteiger partial charge in [-0.1, -0.05) is 30.6 Å². The van der Waals surface area contributed by atoms with Crippen LogP contribution in [0.5, 0.6) is 0 Å². The Morgan fingerprint density at radius 2 is 1.91 bits per heavy atom. The number of unbranched alkanes of at least 4 members (excludes halogenated alkanes) is 1. The Morgan fingerprint density at radius 1 is 1.26 bits per heavy atom. The zero-order valence-corrected chi connectivity index (χ0v) is 13.7. The number of aromatic nitrogens is 1. The summed E-state index contributed by atoms with van der Waals surface area (Å²) < 4.78 is 59.2. The van der Waals surface area contributed by atoms with Crippen LogP contribution in [0.3, 0.4) is 0 Å². The van der Waals surface area contributed by atoms with Gasteiger partial charge in [-0.2, -0.15) is 0 Å². The predicted molar refractivity (Wildman–Crippen MR) is 81.9 cm³/mol. The SMILES string of the molecule is CCCCC(F)(F)c1ccc(S(=O)(=O)Nc2cc(C)on2)cc1. The molecular formula is C15H18F2N2O3S. The molecule has 0 saturated heterocycles. The summed E-state index contributed by atoms with van der Waals surface area (Å²) >= 11 is 0. The van der Waals surface area contributed by atoms with Crippen molar-refractivity contribution in [2.75, 3.05) is 4.72 Å². The number of nitrogens with one attached hydrogen (secondary N) is 1. The maximum atomic E-state index is 13.9. The molecule has 2 rings (SSSR count). The largest absolute Gasteiger partial charge is 0.360 e. The highest BCUT2D eigenvalue weighted by atomic mass is 32.2. The second kappa shape index (κ2) is 6.66. The highest BCUT2D eigenvalue weighted by Gasteiger charge is 2.30. The molecular weight excluding hydrogens is 326 g/mol. The fraction of sp³-hybridized carbons (Fsp3) is 0.400. The van der Waals surface area contributed by atoms with Gasteiger partial charge < -0.3 is 4.52 Å². The van der Waals surface area contributed by atoms with Gasteiger partial charge in [0.15, 0.2) is 5.82 Å². The van der Waals surface area contributed by atoms with Crippen LogP contribution in [0.15, 0.2) is 39.8 Å². The third kappa shape index (κ3) is 4.28. The number of benzene rings is 1. The molecule has 0 fully saturated rings. The van der Waals surface area contributed by atoms with E-state index < -0.39 is 15.9 Å². The number of alkyl halides is 2. The minimum atomic E-state index is -3.90. The number of anilines is 1. The zero-order valence-electron chi connectivity index (χ0n) is 12.8. The summed E-state index contributed by atoms with van der Waals surface area (Å²) in [5, 5.41) is 3.53. The predicted octanol–water partition coefficient (Wildman–Crippen LogP) is 4.07. The van der Waals surface area contributed by atoms with Crippen LogP contribution in [0.25, 0.3) is 0 Å². The molecule has 2 aromatic rings. The van der Waals surface area contributed by atoms with Crippen molar-refractivity contribution in [2.45, 2.75) is 43.9 Å². The molecule has 1 N–H and O–H groups in total. The third-order valence-electron chi connectivity index (χ3n) is 3.30. The first-order chi connectivity index (χ1) is 10.7. The average Bonchev–Trinajstić information content (AvgIpc) is 2.90. The molecule has 1 heterocycles. The Bertz CT molecular complexity index is 755. The quantitative estimate of drug-likeness (QED) is 0.822. The first-order valence-electron chi connectivity index (χ1n) is 7.19. The number of hydrogen-bond donors (Lipinski definition) is 1. The van der Waals surface area contributed by atoms with Crippen molar-refractivity contribution in [1.29, 1.82) is 0 Å². The molecule has 1 aromatic heterocycles. The van der Waals surface area contributed by atoms with Crippen LogP contribution in [0, 0.1) is 6.92 Å². The summed E-state index contributed by atoms with van der Waals surface area (Å²) in [6.07, 6.45) is 0.815. The van der Waals surface area contributed by atoms with Gasteiger partial charge in [0, 0.05) is 18.1 Å². The lowest BCUT2D eigenvalue weighted by Crippen LogP contribution is -2.15. The van der Waals surface area contributed by atoms with Crippen molar-refractivity contribution in [3.8, 4) is 0 Å². The van der Waals surface area contributed by atoms with Gasteiger partial charge in [0.25, 0.3) is 15.9 Å². The third-order valence-corrected chi connectivity index (χ3v) is 4.67. The normalized spacial score (nSPS) is 12.3. The van der Waals surface area contributed by atoms with Gasteiger partial charge in [0.05, 0.1) is 4.90 Å². The molecule has 5 nitrogen and oxygen atoms in total. The summed E-state index contributed by atoms with van der Waals surface area (Å²) in [5.41, 5.74) is -0.192. The van der Waals surface area contributed by atoms with Crippen LogP contribution >= 0.6 is 0 Å². The molecule has 0 aliphatic heterocycles. The molecule has 0 unspecified atom stereocenters. The zero-order chi connectivity index (χ0) is 17.1. The Morgan fingerprint density at radius 3 is 2.43 bits per heavy atom. The molecule has 1 aromatic carbocycles. The Kier molecular flexibility index (Phi) is 5.03. The standard InChI is InChI=1S/C15H18F2N2O3S/c1-3-4-9-15(16,17)12-5-7-13(8-6-12)23(20,21)19-14-10-11(2)22-18-14/h5-8,10H,3-4,9H2,1-2H3,(H,18,19). The minimum Gasteiger partial charge on any atom is -0.360 e. The molecule has 0 saturated carbocycles. The van der Waals surface area contributed by atoms with E-state index in [0.29, 0.717) is 18.6 Å². The number of sulfonamides is 1. The highest BCUT2D eigenvalue weighted by molar-refractivity contribution is 7.92. The van der Waals surface area contributed by atoms with Crippen molar-refractivity contribution in [3.05, 3.63) is 41.7 Å². The Hall–Kier alpha value is -1.96. The van der Waals surface area contributed by atoms with Gasteiger partial charge in [0.1, 0.15) is 5.76 Å². The molecule has 8 heteroatoms. The van der Waals surface area contributed by atoms with Gasteiger partial charge in [0.2, 0.25) is 0 Å². The molecule has 0 bridgehead atoms. The van der Waals surface area contributed by atoms with Crippen LogP contribution in [0.1, 0.15) is 37.5 Å². The van der Waals surface area contributed by atoms with E-state index in [0.717, 1.165) is 24.3 Å². The number of rotatable bonds is 7. The molecule has 126 valence electrons. The fourth-order valence-corrected chi connectivity index (χ4v) is 3.02. The molecule has 0 radical (unpaired) electrons. The van der Waals surface area contributed by atoms with Crippen LogP contribution in [0.4, 0.5) is 14.6 Å². The van der Waals surface area contributed by atoms with Crippen LogP contribution in [0.2, 0.25) is 0 Å². The van der Waals surface area contributed by atoms with Crippen LogP contribution < -0.4 is 4.72 Å². The first-order valence-corrected chi connectivity index (χ1v) is 8.67. The summed E-state index contributed by atoms with van der Waals surface area (Å²) in [6, 6.07) is 6.01. The lowest BCUT2D eigenvalue weighted by Gasteiger charge is -2.16. The van der Waals surface area contributed by atoms with E-state index in [4.69, 9.17) is 4.52 Å². The Balaban J connectivity index is 2.18. The summed E-state index contributed by atoms with van der Waals surface area (Å²) in [6.45, 7) is 3.46. The van der Waals surface area contributed by atoms with E-state index in [1.165, 1.54) is 6.07 Å². The van der Waals surface area contributed by atoms with Crippen molar-refractivity contribution >= 4 is 15.8 Å². The van der Waals surface area contributed by atoms with Crippen molar-refractivity contribution < 1.29 is 21.7 Å². The van der Waals surface area contributed by atoms with Gasteiger partial charge >= 0.3 is 0 Å². The number of nitrogens with zero attached hydrogens (tertiary/aromatic N) is 1. The number of aryl methyl sites for hydroxylation is 1. The molecule has 0 spiro atoms. The van der Waals surface area contributed by atoms with E-state index >= 15 is 0 Å². The highest BCUT2D eigenvalue weighted by Crippen LogP contribution is 2.33. The van der Waals surface area contributed by atoms with Crippen molar-refractivity contribution in [1.82, 2.24) is 5.16 Å². The summed E-state index contributed by atoms with van der Waals surface area (Å²) in [5.74, 6) is -2.47. The fourth-order valence-electron chi connectivity index (χ4n) is 2.03. The van der Waals surface area contributed by atoms with E-state index in [2.05, 4.69) is 9.88 Å². The van der Waals surface area contributed by atoms with Crippen molar-refractivity contribution in [3.63, 3.8) is 0 Å². The van der Waals surface area contributed by atoms with Gasteiger partial charge in [-0.25, -0.2) is 17.2 Å². The number of halogens is 2. The second-order valence-electron chi connectivity index (χ2n) is 5.26. The molecule has 0 atom stereocenters.